The number of guanidine groups is 1. The van der Waals surface area contributed by atoms with E-state index in [0.29, 0.717) is 0 Å². The third-order valence-electron chi connectivity index (χ3n) is 3.79. The quantitative estimate of drug-likeness (QED) is 0.412. The third kappa shape index (κ3) is 6.66. The number of hydrogen-bond acceptors (Lipinski definition) is 3. The molecule has 5 nitrogen and oxygen atoms in total. The first kappa shape index (κ1) is 20.2. The first-order chi connectivity index (χ1) is 10.7. The molecule has 0 spiro atoms. The Balaban J connectivity index is 0.00000264. The maximum absolute atomic E-state index is 12.1. The second-order valence-electron chi connectivity index (χ2n) is 5.51. The molecule has 0 atom stereocenters. The van der Waals surface area contributed by atoms with Crippen molar-refractivity contribution in [2.24, 2.45) is 4.99 Å². The minimum Gasteiger partial charge on any atom is -0.357 e. The van der Waals surface area contributed by atoms with Gasteiger partial charge in [-0.25, -0.2) is 4.99 Å². The highest BCUT2D eigenvalue weighted by atomic mass is 127. The number of nitrogens with zero attached hydrogens (tertiary/aromatic N) is 3. The molecule has 1 N–H and O–H groups in total. The average Bonchev–Trinajstić information content (AvgIpc) is 3.21. The summed E-state index contributed by atoms with van der Waals surface area (Å²) in [4.78, 5) is 22.0. The summed E-state index contributed by atoms with van der Waals surface area (Å²) in [5.41, 5.74) is 0. The van der Waals surface area contributed by atoms with E-state index in [0.717, 1.165) is 51.4 Å². The maximum atomic E-state index is 12.1. The van der Waals surface area contributed by atoms with Crippen molar-refractivity contribution in [2.75, 3.05) is 39.8 Å². The molecule has 1 aliphatic rings. The molecule has 0 unspecified atom stereocenters. The van der Waals surface area contributed by atoms with Crippen LogP contribution in [-0.4, -0.2) is 61.4 Å². The Morgan fingerprint density at radius 1 is 1.43 bits per heavy atom. The normalized spacial score (nSPS) is 14.5. The van der Waals surface area contributed by atoms with E-state index in [1.54, 1.807) is 11.3 Å². The second-order valence-corrected chi connectivity index (χ2v) is 6.54. The van der Waals surface area contributed by atoms with E-state index < -0.39 is 0 Å². The maximum Gasteiger partial charge on any atom is 0.244 e. The lowest BCUT2D eigenvalue weighted by atomic mass is 10.3. The van der Waals surface area contributed by atoms with Gasteiger partial charge in [0, 0.05) is 38.1 Å². The lowest BCUT2D eigenvalue weighted by Gasteiger charge is -2.22. The lowest BCUT2D eigenvalue weighted by Crippen LogP contribution is -2.41. The summed E-state index contributed by atoms with van der Waals surface area (Å²) in [5, 5.41) is 5.37. The molecule has 1 amide bonds. The van der Waals surface area contributed by atoms with Crippen molar-refractivity contribution in [2.45, 2.75) is 26.2 Å². The van der Waals surface area contributed by atoms with E-state index in [2.05, 4.69) is 32.7 Å². The van der Waals surface area contributed by atoms with Crippen LogP contribution in [0.3, 0.4) is 0 Å². The van der Waals surface area contributed by atoms with Crippen LogP contribution in [-0.2, 0) is 11.2 Å². The van der Waals surface area contributed by atoms with Gasteiger partial charge in [0.1, 0.15) is 6.54 Å². The first-order valence-electron chi connectivity index (χ1n) is 8.00. The summed E-state index contributed by atoms with van der Waals surface area (Å²) in [6, 6.07) is 4.23. The molecule has 1 aromatic rings. The number of thiophene rings is 1. The van der Waals surface area contributed by atoms with E-state index in [1.165, 1.54) is 4.88 Å². The molecule has 130 valence electrons. The number of rotatable bonds is 6. The number of carbonyl (C=O) groups excluding carboxylic acids is 1. The molecule has 2 rings (SSSR count). The molecule has 2 heterocycles. The van der Waals surface area contributed by atoms with Crippen LogP contribution < -0.4 is 5.32 Å². The van der Waals surface area contributed by atoms with Crippen LogP contribution >= 0.6 is 35.3 Å². The zero-order valence-electron chi connectivity index (χ0n) is 14.0. The molecular formula is C16H27IN4OS. The van der Waals surface area contributed by atoms with Gasteiger partial charge in [-0.15, -0.1) is 35.3 Å². The summed E-state index contributed by atoms with van der Waals surface area (Å²) < 4.78 is 0. The van der Waals surface area contributed by atoms with Crippen molar-refractivity contribution in [3.05, 3.63) is 22.4 Å². The van der Waals surface area contributed by atoms with Crippen LogP contribution in [0.5, 0.6) is 0 Å². The smallest absolute Gasteiger partial charge is 0.244 e. The van der Waals surface area contributed by atoms with E-state index >= 15 is 0 Å². The van der Waals surface area contributed by atoms with Crippen molar-refractivity contribution in [1.82, 2.24) is 15.1 Å². The molecule has 0 bridgehead atoms. The van der Waals surface area contributed by atoms with Crippen LogP contribution in [0, 0.1) is 0 Å². The number of amides is 1. The Bertz CT molecular complexity index is 486. The molecule has 1 saturated heterocycles. The van der Waals surface area contributed by atoms with E-state index in [1.807, 2.05) is 18.9 Å². The summed E-state index contributed by atoms with van der Waals surface area (Å²) in [5.74, 6) is 0.950. The Hall–Kier alpha value is -0.830. The highest BCUT2D eigenvalue weighted by Gasteiger charge is 2.17. The predicted octanol–water partition coefficient (Wildman–Crippen LogP) is 2.43. The fraction of sp³-hybridized carbons (Fsp3) is 0.625. The summed E-state index contributed by atoms with van der Waals surface area (Å²) in [6.45, 7) is 5.76. The Morgan fingerprint density at radius 3 is 2.78 bits per heavy atom. The monoisotopic (exact) mass is 450 g/mol. The molecule has 7 heteroatoms. The van der Waals surface area contributed by atoms with Crippen molar-refractivity contribution in [3.8, 4) is 0 Å². The van der Waals surface area contributed by atoms with E-state index in [-0.39, 0.29) is 36.4 Å². The van der Waals surface area contributed by atoms with Gasteiger partial charge >= 0.3 is 0 Å². The van der Waals surface area contributed by atoms with Crippen molar-refractivity contribution < 1.29 is 4.79 Å². The zero-order chi connectivity index (χ0) is 15.8. The molecule has 1 aliphatic heterocycles. The molecule has 1 fully saturated rings. The molecule has 1 aromatic heterocycles. The topological polar surface area (TPSA) is 47.9 Å². The molecule has 23 heavy (non-hydrogen) atoms. The SMILES string of the molecule is CCNC(=NCC(=O)N1CCCC1)N(C)CCc1cccs1.I. The van der Waals surface area contributed by atoms with Crippen LogP contribution in [0.1, 0.15) is 24.6 Å². The fourth-order valence-corrected chi connectivity index (χ4v) is 3.22. The number of hydrogen-bond donors (Lipinski definition) is 1. The Morgan fingerprint density at radius 2 is 2.17 bits per heavy atom. The van der Waals surface area contributed by atoms with Gasteiger partial charge in [-0.1, -0.05) is 6.07 Å². The summed E-state index contributed by atoms with van der Waals surface area (Å²) in [7, 11) is 2.02. The van der Waals surface area contributed by atoms with Crippen molar-refractivity contribution >= 4 is 47.2 Å². The minimum absolute atomic E-state index is 0. The van der Waals surface area contributed by atoms with Crippen LogP contribution in [0.25, 0.3) is 0 Å². The van der Waals surface area contributed by atoms with E-state index in [9.17, 15) is 4.79 Å². The molecule has 0 radical (unpaired) electrons. The van der Waals surface area contributed by atoms with Gasteiger partial charge in [0.25, 0.3) is 0 Å². The van der Waals surface area contributed by atoms with Gasteiger partial charge in [-0.05, 0) is 37.6 Å². The van der Waals surface area contributed by atoms with Gasteiger partial charge < -0.3 is 15.1 Å². The highest BCUT2D eigenvalue weighted by Crippen LogP contribution is 2.10. The van der Waals surface area contributed by atoms with Crippen LogP contribution in [0.2, 0.25) is 0 Å². The number of carbonyl (C=O) groups is 1. The molecule has 0 saturated carbocycles. The largest absolute Gasteiger partial charge is 0.357 e. The van der Waals surface area contributed by atoms with Gasteiger partial charge in [0.15, 0.2) is 5.96 Å². The van der Waals surface area contributed by atoms with Gasteiger partial charge in [0.2, 0.25) is 5.91 Å². The second kappa shape index (κ2) is 10.9. The first-order valence-corrected chi connectivity index (χ1v) is 8.88. The average molecular weight is 450 g/mol. The Kier molecular flexibility index (Phi) is 9.54. The standard InChI is InChI=1S/C16H26N4OS.HI/c1-3-17-16(18-13-15(21)20-9-4-5-10-20)19(2)11-8-14-7-6-12-22-14;/h6-7,12H,3-5,8-11,13H2,1-2H3,(H,17,18);1H. The van der Waals surface area contributed by atoms with Crippen molar-refractivity contribution in [1.29, 1.82) is 0 Å². The molecule has 0 aliphatic carbocycles. The number of likely N-dealkylation sites (tertiary alicyclic amines) is 1. The fourth-order valence-electron chi connectivity index (χ4n) is 2.52. The van der Waals surface area contributed by atoms with E-state index in [4.69, 9.17) is 0 Å². The number of likely N-dealkylation sites (N-methyl/N-ethyl adjacent to an activating group) is 1. The molecule has 0 aromatic carbocycles. The highest BCUT2D eigenvalue weighted by molar-refractivity contribution is 14.0. The summed E-state index contributed by atoms with van der Waals surface area (Å²) >= 11 is 1.78. The third-order valence-corrected chi connectivity index (χ3v) is 4.73. The van der Waals surface area contributed by atoms with Gasteiger partial charge in [-0.2, -0.15) is 0 Å². The van der Waals surface area contributed by atoms with Gasteiger partial charge in [-0.3, -0.25) is 4.79 Å². The van der Waals surface area contributed by atoms with Crippen LogP contribution in [0.4, 0.5) is 0 Å². The zero-order valence-corrected chi connectivity index (χ0v) is 17.1. The van der Waals surface area contributed by atoms with Gasteiger partial charge in [0.05, 0.1) is 0 Å². The minimum atomic E-state index is 0. The number of halogens is 1. The molecular weight excluding hydrogens is 423 g/mol. The number of nitrogens with one attached hydrogen (secondary N) is 1. The summed E-state index contributed by atoms with van der Waals surface area (Å²) in [6.07, 6.45) is 3.24. The number of aliphatic imine (C=N–C) groups is 1. The Labute approximate surface area is 160 Å². The predicted molar refractivity (Wildman–Crippen MR) is 108 cm³/mol. The lowest BCUT2D eigenvalue weighted by molar-refractivity contribution is -0.128. The van der Waals surface area contributed by atoms with Crippen LogP contribution in [0.15, 0.2) is 22.5 Å². The van der Waals surface area contributed by atoms with Crippen molar-refractivity contribution in [3.63, 3.8) is 0 Å².